The Bertz CT molecular complexity index is 1050. The van der Waals surface area contributed by atoms with Crippen LogP contribution in [0.1, 0.15) is 284 Å². The molecule has 0 bridgehead atoms. The Balaban J connectivity index is 4.36. The van der Waals surface area contributed by atoms with Crippen LogP contribution in [0.3, 0.4) is 0 Å². The van der Waals surface area contributed by atoms with Gasteiger partial charge >= 0.3 is 17.9 Å². The molecular formula is C56H102O6. The molecule has 0 fully saturated rings. The van der Waals surface area contributed by atoms with Crippen molar-refractivity contribution in [2.45, 2.75) is 290 Å². The maximum absolute atomic E-state index is 12.8. The molecule has 0 aromatic rings. The van der Waals surface area contributed by atoms with Crippen LogP contribution in [0.25, 0.3) is 0 Å². The zero-order chi connectivity index (χ0) is 45.1. The van der Waals surface area contributed by atoms with E-state index >= 15 is 0 Å². The number of carbonyl (C=O) groups is 3. The SMILES string of the molecule is CC/C=C\C/C=C\C/C=C\CCCCCCCC(=O)OCC(COC(=O)CCCCCCCCCCCCCCCC)OC(=O)CCCCCCCCCCCCCCCCC. The van der Waals surface area contributed by atoms with Crippen LogP contribution in [0.2, 0.25) is 0 Å². The molecule has 0 aliphatic heterocycles. The molecule has 1 atom stereocenters. The monoisotopic (exact) mass is 871 g/mol. The fourth-order valence-corrected chi connectivity index (χ4v) is 7.87. The van der Waals surface area contributed by atoms with E-state index in [2.05, 4.69) is 57.2 Å². The fraction of sp³-hybridized carbons (Fsp3) is 0.839. The van der Waals surface area contributed by atoms with Gasteiger partial charge in [0.05, 0.1) is 0 Å². The molecule has 1 unspecified atom stereocenters. The summed E-state index contributed by atoms with van der Waals surface area (Å²) in [5.74, 6) is -0.875. The van der Waals surface area contributed by atoms with Crippen LogP contribution < -0.4 is 0 Å². The van der Waals surface area contributed by atoms with E-state index < -0.39 is 6.10 Å². The molecular weight excluding hydrogens is 769 g/mol. The van der Waals surface area contributed by atoms with E-state index in [1.54, 1.807) is 0 Å². The molecule has 0 spiro atoms. The first-order valence-electron chi connectivity index (χ1n) is 27.0. The summed E-state index contributed by atoms with van der Waals surface area (Å²) in [4.78, 5) is 38.0. The van der Waals surface area contributed by atoms with Crippen LogP contribution in [-0.4, -0.2) is 37.2 Å². The van der Waals surface area contributed by atoms with Gasteiger partial charge in [0.1, 0.15) is 13.2 Å². The van der Waals surface area contributed by atoms with Gasteiger partial charge < -0.3 is 14.2 Å². The van der Waals surface area contributed by atoms with Crippen LogP contribution in [0, 0.1) is 0 Å². The third kappa shape index (κ3) is 48.7. The van der Waals surface area contributed by atoms with Crippen molar-refractivity contribution < 1.29 is 28.6 Å². The van der Waals surface area contributed by atoms with Crippen LogP contribution in [0.4, 0.5) is 0 Å². The third-order valence-corrected chi connectivity index (χ3v) is 11.9. The molecule has 362 valence electrons. The quantitative estimate of drug-likeness (QED) is 0.0262. The van der Waals surface area contributed by atoms with Gasteiger partial charge in [-0.1, -0.05) is 250 Å². The Morgan fingerprint density at radius 1 is 0.339 bits per heavy atom. The molecule has 0 aromatic heterocycles. The number of rotatable bonds is 49. The maximum Gasteiger partial charge on any atom is 0.306 e. The molecule has 0 radical (unpaired) electrons. The van der Waals surface area contributed by atoms with Gasteiger partial charge in [0.15, 0.2) is 6.10 Å². The van der Waals surface area contributed by atoms with E-state index in [1.807, 2.05) is 0 Å². The number of allylic oxidation sites excluding steroid dienone is 6. The van der Waals surface area contributed by atoms with Crippen molar-refractivity contribution in [1.29, 1.82) is 0 Å². The third-order valence-electron chi connectivity index (χ3n) is 11.9. The molecule has 0 heterocycles. The van der Waals surface area contributed by atoms with Crippen molar-refractivity contribution >= 4 is 17.9 Å². The second kappa shape index (κ2) is 51.3. The first-order chi connectivity index (χ1) is 30.5. The van der Waals surface area contributed by atoms with Crippen LogP contribution >= 0.6 is 0 Å². The zero-order valence-corrected chi connectivity index (χ0v) is 41.4. The van der Waals surface area contributed by atoms with E-state index in [0.717, 1.165) is 96.3 Å². The Kier molecular flexibility index (Phi) is 49.3. The van der Waals surface area contributed by atoms with Crippen molar-refractivity contribution in [3.8, 4) is 0 Å². The number of esters is 3. The predicted molar refractivity (Wildman–Crippen MR) is 266 cm³/mol. The summed E-state index contributed by atoms with van der Waals surface area (Å²) in [6, 6.07) is 0. The van der Waals surface area contributed by atoms with Crippen molar-refractivity contribution in [3.63, 3.8) is 0 Å². The Morgan fingerprint density at radius 3 is 0.984 bits per heavy atom. The van der Waals surface area contributed by atoms with E-state index in [9.17, 15) is 14.4 Å². The second-order valence-corrected chi connectivity index (χ2v) is 18.1. The summed E-state index contributed by atoms with van der Waals surface area (Å²) in [6.07, 6.45) is 59.8. The Hall–Kier alpha value is -2.37. The minimum Gasteiger partial charge on any atom is -0.462 e. The van der Waals surface area contributed by atoms with Crippen molar-refractivity contribution in [1.82, 2.24) is 0 Å². The maximum atomic E-state index is 12.8. The minimum atomic E-state index is -0.774. The summed E-state index contributed by atoms with van der Waals surface area (Å²) in [7, 11) is 0. The van der Waals surface area contributed by atoms with Crippen LogP contribution in [-0.2, 0) is 28.6 Å². The van der Waals surface area contributed by atoms with E-state index in [-0.39, 0.29) is 31.1 Å². The molecule has 0 aromatic carbocycles. The van der Waals surface area contributed by atoms with Gasteiger partial charge in [0.2, 0.25) is 0 Å². The number of hydrogen-bond donors (Lipinski definition) is 0. The number of hydrogen-bond acceptors (Lipinski definition) is 6. The molecule has 0 aliphatic rings. The molecule has 0 saturated carbocycles. The highest BCUT2D eigenvalue weighted by atomic mass is 16.6. The summed E-state index contributed by atoms with van der Waals surface area (Å²) in [6.45, 7) is 6.55. The van der Waals surface area contributed by atoms with Gasteiger partial charge in [-0.3, -0.25) is 14.4 Å². The predicted octanol–water partition coefficient (Wildman–Crippen LogP) is 17.7. The van der Waals surface area contributed by atoms with Gasteiger partial charge in [-0.2, -0.15) is 0 Å². The topological polar surface area (TPSA) is 78.9 Å². The van der Waals surface area contributed by atoms with Crippen molar-refractivity contribution in [2.75, 3.05) is 13.2 Å². The second-order valence-electron chi connectivity index (χ2n) is 18.1. The van der Waals surface area contributed by atoms with Gasteiger partial charge in [-0.25, -0.2) is 0 Å². The molecule has 6 nitrogen and oxygen atoms in total. The lowest BCUT2D eigenvalue weighted by molar-refractivity contribution is -0.167. The van der Waals surface area contributed by atoms with E-state index in [4.69, 9.17) is 14.2 Å². The molecule has 6 heteroatoms. The number of carbonyl (C=O) groups excluding carboxylic acids is 3. The molecule has 62 heavy (non-hydrogen) atoms. The van der Waals surface area contributed by atoms with E-state index in [1.165, 1.54) is 148 Å². The summed E-state index contributed by atoms with van der Waals surface area (Å²) in [5, 5.41) is 0. The average Bonchev–Trinajstić information content (AvgIpc) is 3.27. The van der Waals surface area contributed by atoms with Gasteiger partial charge in [0, 0.05) is 19.3 Å². The summed E-state index contributed by atoms with van der Waals surface area (Å²) >= 11 is 0. The largest absolute Gasteiger partial charge is 0.462 e. The smallest absolute Gasteiger partial charge is 0.306 e. The summed E-state index contributed by atoms with van der Waals surface area (Å²) < 4.78 is 16.8. The average molecular weight is 871 g/mol. The highest BCUT2D eigenvalue weighted by molar-refractivity contribution is 5.71. The zero-order valence-electron chi connectivity index (χ0n) is 41.4. The molecule has 0 aliphatic carbocycles. The molecule has 0 rings (SSSR count). The number of ether oxygens (including phenoxy) is 3. The minimum absolute atomic E-state index is 0.0731. The Labute approximate surface area is 385 Å². The Morgan fingerprint density at radius 2 is 0.629 bits per heavy atom. The van der Waals surface area contributed by atoms with Gasteiger partial charge in [0.25, 0.3) is 0 Å². The number of unbranched alkanes of at least 4 members (excludes halogenated alkanes) is 32. The highest BCUT2D eigenvalue weighted by Gasteiger charge is 2.19. The normalized spacial score (nSPS) is 12.2. The highest BCUT2D eigenvalue weighted by Crippen LogP contribution is 2.16. The molecule has 0 N–H and O–H groups in total. The summed E-state index contributed by atoms with van der Waals surface area (Å²) in [5.41, 5.74) is 0. The molecule has 0 saturated heterocycles. The standard InChI is InChI=1S/C56H102O6/c1-4-7-10-13-16-19-22-25-28-31-34-37-40-43-46-49-55(58)61-52-53(51-60-54(57)48-45-42-39-36-33-30-27-24-21-18-15-12-9-6-3)62-56(59)50-47-44-41-38-35-32-29-26-23-20-17-14-11-8-5-2/h7,10,16,19,25,28,53H,4-6,8-9,11-15,17-18,20-24,26-27,29-52H2,1-3H3/b10-7-,19-16-,28-25-. The lowest BCUT2D eigenvalue weighted by Crippen LogP contribution is -2.30. The van der Waals surface area contributed by atoms with Crippen LogP contribution in [0.15, 0.2) is 36.5 Å². The van der Waals surface area contributed by atoms with Gasteiger partial charge in [-0.15, -0.1) is 0 Å². The first-order valence-corrected chi connectivity index (χ1v) is 27.0. The molecule has 0 amide bonds. The van der Waals surface area contributed by atoms with Crippen molar-refractivity contribution in [3.05, 3.63) is 36.5 Å². The lowest BCUT2D eigenvalue weighted by Gasteiger charge is -2.18. The fourth-order valence-electron chi connectivity index (χ4n) is 7.87. The van der Waals surface area contributed by atoms with Crippen LogP contribution in [0.5, 0.6) is 0 Å². The first kappa shape index (κ1) is 59.6. The van der Waals surface area contributed by atoms with Crippen molar-refractivity contribution in [2.24, 2.45) is 0 Å². The lowest BCUT2D eigenvalue weighted by atomic mass is 10.0. The van der Waals surface area contributed by atoms with Gasteiger partial charge in [-0.05, 0) is 51.4 Å². The van der Waals surface area contributed by atoms with E-state index in [0.29, 0.717) is 19.3 Å².